The Bertz CT molecular complexity index is 403. The molecule has 1 unspecified atom stereocenters. The maximum Gasteiger partial charge on any atom is 0.239 e. The molecule has 0 aliphatic carbocycles. The molecule has 0 radical (unpaired) electrons. The van der Waals surface area contributed by atoms with Gasteiger partial charge < -0.3 is 0 Å². The number of nitrogens with zero attached hydrogens (tertiary/aromatic N) is 1. The molecule has 1 aromatic heterocycles. The van der Waals surface area contributed by atoms with Crippen molar-refractivity contribution in [2.45, 2.75) is 19.6 Å². The fourth-order valence-electron chi connectivity index (χ4n) is 1.51. The third-order valence-corrected chi connectivity index (χ3v) is 4.31. The maximum atomic E-state index is 4.53. The zero-order valence-electron chi connectivity index (χ0n) is 7.37. The van der Waals surface area contributed by atoms with Crippen molar-refractivity contribution < 1.29 is 0 Å². The normalized spacial score (nSPS) is 12.3. The van der Waals surface area contributed by atoms with Crippen molar-refractivity contribution in [1.82, 2.24) is 4.98 Å². The molecule has 0 saturated carbocycles. The molecule has 0 spiro atoms. The predicted molar refractivity (Wildman–Crippen MR) is 54.6 cm³/mol. The van der Waals surface area contributed by atoms with Crippen LogP contribution in [0.2, 0.25) is 0 Å². The minimum Gasteiger partial charge on any atom is -0.197 e. The summed E-state index contributed by atoms with van der Waals surface area (Å²) in [5, 5.41) is 1.29. The van der Waals surface area contributed by atoms with E-state index in [1.807, 2.05) is 0 Å². The molecule has 0 N–H and O–H groups in total. The van der Waals surface area contributed by atoms with Crippen molar-refractivity contribution in [3.63, 3.8) is 0 Å². The van der Waals surface area contributed by atoms with E-state index < -0.39 is 0 Å². The van der Waals surface area contributed by atoms with Crippen LogP contribution in [-0.4, -0.2) is 4.98 Å². The molecule has 1 atom stereocenters. The summed E-state index contributed by atoms with van der Waals surface area (Å²) in [6.07, 6.45) is 0. The van der Waals surface area contributed by atoms with Crippen molar-refractivity contribution in [3.8, 4) is 0 Å². The van der Waals surface area contributed by atoms with Gasteiger partial charge in [0.15, 0.2) is 0 Å². The van der Waals surface area contributed by atoms with E-state index >= 15 is 0 Å². The van der Waals surface area contributed by atoms with Crippen molar-refractivity contribution >= 4 is 20.7 Å². The first-order valence-corrected chi connectivity index (χ1v) is 5.57. The zero-order chi connectivity index (χ0) is 8.55. The lowest BCUT2D eigenvalue weighted by Crippen LogP contribution is -1.67. The molecule has 12 heavy (non-hydrogen) atoms. The highest BCUT2D eigenvalue weighted by molar-refractivity contribution is 7.36. The van der Waals surface area contributed by atoms with E-state index in [2.05, 4.69) is 43.1 Å². The molecular formula is C10H12NS+. The molecule has 2 heteroatoms. The first-order valence-electron chi connectivity index (χ1n) is 4.18. The number of thiazole rings is 1. The van der Waals surface area contributed by atoms with Gasteiger partial charge in [-0.1, -0.05) is 12.1 Å². The van der Waals surface area contributed by atoms with Crippen LogP contribution in [0.1, 0.15) is 11.9 Å². The van der Waals surface area contributed by atoms with E-state index in [1.54, 1.807) is 0 Å². The fraction of sp³-hybridized carbons (Fsp3) is 0.300. The van der Waals surface area contributed by atoms with E-state index in [4.69, 9.17) is 0 Å². The summed E-state index contributed by atoms with van der Waals surface area (Å²) in [5.41, 5.74) is 1.18. The fourth-order valence-corrected chi connectivity index (χ4v) is 3.37. The summed E-state index contributed by atoms with van der Waals surface area (Å²) in [4.78, 5) is 4.53. The SMILES string of the molecule is CC[s+]1c(C)nc2ccccc21. The number of para-hydroxylation sites is 1. The van der Waals surface area contributed by atoms with E-state index in [-0.39, 0.29) is 0 Å². The first kappa shape index (κ1) is 7.74. The van der Waals surface area contributed by atoms with Crippen molar-refractivity contribution in [3.05, 3.63) is 29.3 Å². The smallest absolute Gasteiger partial charge is 0.197 e. The molecule has 0 bridgehead atoms. The Labute approximate surface area is 75.0 Å². The van der Waals surface area contributed by atoms with Crippen LogP contribution in [0.15, 0.2) is 24.3 Å². The number of rotatable bonds is 1. The van der Waals surface area contributed by atoms with E-state index in [9.17, 15) is 0 Å². The average Bonchev–Trinajstić information content (AvgIpc) is 2.40. The summed E-state index contributed by atoms with van der Waals surface area (Å²) < 4.78 is 1.43. The number of aromatic nitrogens is 1. The minimum absolute atomic E-state index is 0.296. The highest BCUT2D eigenvalue weighted by atomic mass is 32.2. The largest absolute Gasteiger partial charge is 0.239 e. The molecule has 0 aliphatic rings. The molecule has 0 aliphatic heterocycles. The number of benzene rings is 1. The lowest BCUT2D eigenvalue weighted by molar-refractivity contribution is 1.31. The summed E-state index contributed by atoms with van der Waals surface area (Å²) in [7, 11) is 0.296. The standard InChI is InChI=1S/C10H12NS/c1-3-12-8(2)11-9-6-4-5-7-10(9)12/h4-7H,3H2,1-2H3/q+1. The molecule has 0 fully saturated rings. The van der Waals surface area contributed by atoms with Crippen molar-refractivity contribution in [2.75, 3.05) is 0 Å². The predicted octanol–water partition coefficient (Wildman–Crippen LogP) is 3.31. The van der Waals surface area contributed by atoms with Gasteiger partial charge in [-0.2, -0.15) is 4.98 Å². The van der Waals surface area contributed by atoms with Gasteiger partial charge in [0.25, 0.3) is 0 Å². The van der Waals surface area contributed by atoms with Crippen LogP contribution in [0.3, 0.4) is 0 Å². The van der Waals surface area contributed by atoms with Gasteiger partial charge in [-0.05, 0) is 13.0 Å². The molecule has 0 amide bonds. The summed E-state index contributed by atoms with van der Waals surface area (Å²) >= 11 is 0. The number of aryl methyl sites for hydroxylation is 2. The second kappa shape index (κ2) is 2.87. The lowest BCUT2D eigenvalue weighted by atomic mass is 10.3. The Morgan fingerprint density at radius 1 is 1.33 bits per heavy atom. The zero-order valence-corrected chi connectivity index (χ0v) is 8.19. The molecule has 0 saturated heterocycles. The third kappa shape index (κ3) is 1.03. The van der Waals surface area contributed by atoms with Gasteiger partial charge in [0, 0.05) is 23.5 Å². The maximum absolute atomic E-state index is 4.53. The Morgan fingerprint density at radius 3 is 2.83 bits per heavy atom. The van der Waals surface area contributed by atoms with Crippen LogP contribution in [-0.2, 0) is 5.75 Å². The van der Waals surface area contributed by atoms with Crippen LogP contribution in [0.5, 0.6) is 0 Å². The van der Waals surface area contributed by atoms with Crippen molar-refractivity contribution in [2.24, 2.45) is 0 Å². The van der Waals surface area contributed by atoms with E-state index in [1.165, 1.54) is 21.0 Å². The second-order valence-corrected chi connectivity index (χ2v) is 5.17. The first-order chi connectivity index (χ1) is 5.83. The van der Waals surface area contributed by atoms with Gasteiger partial charge in [-0.25, -0.2) is 0 Å². The Balaban J connectivity index is 2.81. The van der Waals surface area contributed by atoms with Crippen LogP contribution in [0.25, 0.3) is 10.2 Å². The molecule has 2 aromatic rings. The van der Waals surface area contributed by atoms with E-state index in [0.717, 1.165) is 0 Å². The van der Waals surface area contributed by atoms with Crippen LogP contribution >= 0.6 is 10.5 Å². The highest BCUT2D eigenvalue weighted by Crippen LogP contribution is 2.33. The summed E-state index contributed by atoms with van der Waals surface area (Å²) in [6, 6.07) is 8.45. The van der Waals surface area contributed by atoms with Gasteiger partial charge in [-0.3, -0.25) is 0 Å². The van der Waals surface area contributed by atoms with E-state index in [0.29, 0.717) is 10.5 Å². The van der Waals surface area contributed by atoms with Gasteiger partial charge in [0.1, 0.15) is 11.3 Å². The average molecular weight is 178 g/mol. The Hall–Kier alpha value is -0.890. The Morgan fingerprint density at radius 2 is 2.08 bits per heavy atom. The highest BCUT2D eigenvalue weighted by Gasteiger charge is 2.15. The molecular weight excluding hydrogens is 166 g/mol. The Kier molecular flexibility index (Phi) is 1.85. The molecule has 1 aromatic carbocycles. The van der Waals surface area contributed by atoms with Crippen LogP contribution in [0.4, 0.5) is 0 Å². The molecule has 1 heterocycles. The second-order valence-electron chi connectivity index (χ2n) is 2.78. The number of fused-ring (bicyclic) bond motifs is 1. The summed E-state index contributed by atoms with van der Waals surface area (Å²) in [6.45, 7) is 4.36. The topological polar surface area (TPSA) is 12.9 Å². The van der Waals surface area contributed by atoms with Gasteiger partial charge >= 0.3 is 0 Å². The quantitative estimate of drug-likeness (QED) is 0.610. The van der Waals surface area contributed by atoms with Crippen molar-refractivity contribution in [1.29, 1.82) is 0 Å². The monoisotopic (exact) mass is 178 g/mol. The van der Waals surface area contributed by atoms with Crippen LogP contribution in [0, 0.1) is 6.92 Å². The molecule has 1 nitrogen and oxygen atoms in total. The minimum atomic E-state index is 0.296. The third-order valence-electron chi connectivity index (χ3n) is 2.05. The van der Waals surface area contributed by atoms with Gasteiger partial charge in [0.05, 0.1) is 0 Å². The lowest BCUT2D eigenvalue weighted by Gasteiger charge is -1.83. The molecule has 62 valence electrons. The van der Waals surface area contributed by atoms with Gasteiger partial charge in [0.2, 0.25) is 9.71 Å². The van der Waals surface area contributed by atoms with Gasteiger partial charge in [-0.15, -0.1) is 0 Å². The number of hydrogen-bond donors (Lipinski definition) is 0. The molecule has 2 rings (SSSR count). The summed E-state index contributed by atoms with van der Waals surface area (Å²) in [5.74, 6) is 1.19. The van der Waals surface area contributed by atoms with Crippen LogP contribution < -0.4 is 0 Å². The number of hydrogen-bond acceptors (Lipinski definition) is 1.